The number of hydrogen-bond acceptors (Lipinski definition) is 2. The van der Waals surface area contributed by atoms with Crippen LogP contribution in [-0.2, 0) is 0 Å². The summed E-state index contributed by atoms with van der Waals surface area (Å²) in [6.07, 6.45) is 1.05. The Kier molecular flexibility index (Phi) is 1.98. The number of fused-ring (bicyclic) bond motifs is 1. The summed E-state index contributed by atoms with van der Waals surface area (Å²) in [6, 6.07) is 2.29. The molecule has 4 nitrogen and oxygen atoms in total. The molecule has 1 aromatic heterocycles. The predicted molar refractivity (Wildman–Crippen MR) is 59.5 cm³/mol. The van der Waals surface area contributed by atoms with Crippen molar-refractivity contribution in [1.29, 1.82) is 0 Å². The fourth-order valence-corrected chi connectivity index (χ4v) is 2.14. The third-order valence-corrected chi connectivity index (χ3v) is 3.26. The first kappa shape index (κ1) is 10.3. The number of hydrogen-bond donors (Lipinski definition) is 2. The van der Waals surface area contributed by atoms with Crippen LogP contribution in [0.4, 0.5) is 4.39 Å². The number of nitrogens with one attached hydrogen (secondary N) is 1. The van der Waals surface area contributed by atoms with Crippen LogP contribution in [0, 0.1) is 11.7 Å². The molecule has 1 aliphatic carbocycles. The van der Waals surface area contributed by atoms with E-state index in [2.05, 4.69) is 16.9 Å². The number of H-pyrrole nitrogens is 1. The van der Waals surface area contributed by atoms with E-state index in [1.165, 1.54) is 6.07 Å². The highest BCUT2D eigenvalue weighted by Crippen LogP contribution is 2.46. The lowest BCUT2D eigenvalue weighted by Gasteiger charge is -1.95. The van der Waals surface area contributed by atoms with E-state index in [-0.39, 0.29) is 5.56 Å². The number of aromatic amines is 1. The van der Waals surface area contributed by atoms with Crippen molar-refractivity contribution in [2.75, 3.05) is 0 Å². The second-order valence-corrected chi connectivity index (χ2v) is 4.60. The largest absolute Gasteiger partial charge is 0.478 e. The topological polar surface area (TPSA) is 66.0 Å². The van der Waals surface area contributed by atoms with Gasteiger partial charge < -0.3 is 10.1 Å². The van der Waals surface area contributed by atoms with E-state index in [9.17, 15) is 9.18 Å². The predicted octanol–water partition coefficient (Wildman–Crippen LogP) is 2.52. The molecule has 0 radical (unpaired) electrons. The number of aromatic carboxylic acids is 1. The van der Waals surface area contributed by atoms with E-state index in [4.69, 9.17) is 5.11 Å². The minimum atomic E-state index is -1.16. The molecular weight excluding hydrogens is 223 g/mol. The number of halogens is 1. The van der Waals surface area contributed by atoms with Crippen molar-refractivity contribution in [3.63, 3.8) is 0 Å². The van der Waals surface area contributed by atoms with Crippen molar-refractivity contribution >= 4 is 17.0 Å². The number of nitrogens with zero attached hydrogens (tertiary/aromatic N) is 1. The van der Waals surface area contributed by atoms with E-state index in [0.29, 0.717) is 22.9 Å². The zero-order chi connectivity index (χ0) is 12.2. The van der Waals surface area contributed by atoms with Gasteiger partial charge in [-0.2, -0.15) is 0 Å². The number of carbonyl (C=O) groups is 1. The summed E-state index contributed by atoms with van der Waals surface area (Å²) in [5, 5.41) is 9.00. The summed E-state index contributed by atoms with van der Waals surface area (Å²) in [7, 11) is 0. The standard InChI is InChI=1S/C12H11FN2O2/c1-5-2-7(5)11-14-9-4-6(13)3-8(12(16)17)10(9)15-11/h3-5,7H,2H2,1H3,(H,14,15)(H,16,17). The zero-order valence-corrected chi connectivity index (χ0v) is 9.20. The van der Waals surface area contributed by atoms with E-state index < -0.39 is 11.8 Å². The molecule has 0 bridgehead atoms. The monoisotopic (exact) mass is 234 g/mol. The van der Waals surface area contributed by atoms with E-state index in [1.54, 1.807) is 0 Å². The molecule has 0 amide bonds. The van der Waals surface area contributed by atoms with Crippen molar-refractivity contribution in [2.24, 2.45) is 5.92 Å². The molecule has 1 heterocycles. The Morgan fingerprint density at radius 2 is 2.29 bits per heavy atom. The first-order valence-corrected chi connectivity index (χ1v) is 5.48. The van der Waals surface area contributed by atoms with Crippen LogP contribution in [0.3, 0.4) is 0 Å². The maximum absolute atomic E-state index is 13.2. The molecule has 17 heavy (non-hydrogen) atoms. The number of benzene rings is 1. The Hall–Kier alpha value is -1.91. The van der Waals surface area contributed by atoms with E-state index in [1.807, 2.05) is 0 Å². The van der Waals surface area contributed by atoms with Crippen molar-refractivity contribution in [1.82, 2.24) is 9.97 Å². The lowest BCUT2D eigenvalue weighted by molar-refractivity contribution is 0.0698. The maximum Gasteiger partial charge on any atom is 0.338 e. The molecule has 2 atom stereocenters. The van der Waals surface area contributed by atoms with Crippen molar-refractivity contribution in [2.45, 2.75) is 19.3 Å². The number of aromatic nitrogens is 2. The molecule has 0 aliphatic heterocycles. The number of carboxylic acid groups (broad SMARTS) is 1. The Morgan fingerprint density at radius 1 is 1.59 bits per heavy atom. The summed E-state index contributed by atoms with van der Waals surface area (Å²) in [5.74, 6) is -0.0354. The van der Waals surface area contributed by atoms with Gasteiger partial charge in [-0.05, 0) is 24.5 Å². The number of rotatable bonds is 2. The molecule has 1 aromatic carbocycles. The number of imidazole rings is 1. The van der Waals surface area contributed by atoms with Gasteiger partial charge in [0.2, 0.25) is 0 Å². The molecule has 1 aliphatic rings. The second kappa shape index (κ2) is 3.29. The number of carboxylic acids is 1. The van der Waals surface area contributed by atoms with Crippen LogP contribution in [-0.4, -0.2) is 21.0 Å². The van der Waals surface area contributed by atoms with Crippen molar-refractivity contribution in [3.05, 3.63) is 29.3 Å². The summed E-state index contributed by atoms with van der Waals surface area (Å²) < 4.78 is 13.2. The Bertz CT molecular complexity index is 620. The van der Waals surface area contributed by atoms with Crippen LogP contribution in [0.25, 0.3) is 11.0 Å². The average Bonchev–Trinajstić information content (AvgIpc) is 2.84. The first-order valence-electron chi connectivity index (χ1n) is 5.48. The minimum absolute atomic E-state index is 0.0872. The molecule has 2 aromatic rings. The van der Waals surface area contributed by atoms with Crippen LogP contribution in [0.2, 0.25) is 0 Å². The van der Waals surface area contributed by atoms with Gasteiger partial charge in [0.25, 0.3) is 0 Å². The molecule has 0 spiro atoms. The van der Waals surface area contributed by atoms with E-state index >= 15 is 0 Å². The molecule has 2 N–H and O–H groups in total. The van der Waals surface area contributed by atoms with Gasteiger partial charge in [0.1, 0.15) is 17.2 Å². The van der Waals surface area contributed by atoms with Crippen LogP contribution >= 0.6 is 0 Å². The molecule has 1 fully saturated rings. The Balaban J connectivity index is 2.20. The molecular formula is C12H11FN2O2. The Morgan fingerprint density at radius 3 is 2.88 bits per heavy atom. The van der Waals surface area contributed by atoms with Crippen LogP contribution in [0.1, 0.15) is 35.4 Å². The molecule has 3 rings (SSSR count). The SMILES string of the molecule is CC1CC1c1nc2c(C(=O)O)cc(F)cc2[nH]1. The van der Waals surface area contributed by atoms with Crippen LogP contribution < -0.4 is 0 Å². The lowest BCUT2D eigenvalue weighted by atomic mass is 10.2. The zero-order valence-electron chi connectivity index (χ0n) is 9.20. The lowest BCUT2D eigenvalue weighted by Crippen LogP contribution is -1.98. The summed E-state index contributed by atoms with van der Waals surface area (Å²) in [4.78, 5) is 18.3. The van der Waals surface area contributed by atoms with Crippen molar-refractivity contribution in [3.8, 4) is 0 Å². The summed E-state index contributed by atoms with van der Waals surface area (Å²) >= 11 is 0. The minimum Gasteiger partial charge on any atom is -0.478 e. The molecule has 88 valence electrons. The normalized spacial score (nSPS) is 22.9. The van der Waals surface area contributed by atoms with Gasteiger partial charge >= 0.3 is 5.97 Å². The maximum atomic E-state index is 13.2. The van der Waals surface area contributed by atoms with Gasteiger partial charge in [-0.1, -0.05) is 6.92 Å². The smallest absolute Gasteiger partial charge is 0.338 e. The van der Waals surface area contributed by atoms with Crippen molar-refractivity contribution < 1.29 is 14.3 Å². The first-order chi connectivity index (χ1) is 8.06. The fourth-order valence-electron chi connectivity index (χ4n) is 2.14. The van der Waals surface area contributed by atoms with E-state index in [0.717, 1.165) is 18.3 Å². The second-order valence-electron chi connectivity index (χ2n) is 4.60. The average molecular weight is 234 g/mol. The highest BCUT2D eigenvalue weighted by atomic mass is 19.1. The third kappa shape index (κ3) is 1.58. The van der Waals surface area contributed by atoms with Gasteiger partial charge in [-0.15, -0.1) is 0 Å². The van der Waals surface area contributed by atoms with Crippen LogP contribution in [0.5, 0.6) is 0 Å². The molecule has 5 heteroatoms. The third-order valence-electron chi connectivity index (χ3n) is 3.26. The quantitative estimate of drug-likeness (QED) is 0.839. The molecule has 1 saturated carbocycles. The fraction of sp³-hybridized carbons (Fsp3) is 0.333. The highest BCUT2D eigenvalue weighted by Gasteiger charge is 2.36. The molecule has 0 saturated heterocycles. The summed E-state index contributed by atoms with van der Waals surface area (Å²) in [6.45, 7) is 2.11. The summed E-state index contributed by atoms with van der Waals surface area (Å²) in [5.41, 5.74) is 0.709. The molecule has 2 unspecified atom stereocenters. The van der Waals surface area contributed by atoms with Gasteiger partial charge in [0.05, 0.1) is 11.1 Å². The van der Waals surface area contributed by atoms with Gasteiger partial charge in [-0.3, -0.25) is 0 Å². The van der Waals surface area contributed by atoms with Gasteiger partial charge in [-0.25, -0.2) is 14.2 Å². The van der Waals surface area contributed by atoms with Gasteiger partial charge in [0.15, 0.2) is 0 Å². The van der Waals surface area contributed by atoms with Gasteiger partial charge in [0, 0.05) is 5.92 Å². The highest BCUT2D eigenvalue weighted by molar-refractivity contribution is 6.01. The Labute approximate surface area is 96.5 Å². The van der Waals surface area contributed by atoms with Crippen LogP contribution in [0.15, 0.2) is 12.1 Å².